The van der Waals surface area contributed by atoms with Crippen molar-refractivity contribution in [3.8, 4) is 0 Å². The zero-order valence-corrected chi connectivity index (χ0v) is 17.9. The fourth-order valence-electron chi connectivity index (χ4n) is 3.56. The number of hydrogen-bond acceptors (Lipinski definition) is 3. The molecule has 0 aliphatic heterocycles. The Labute approximate surface area is 176 Å². The molecule has 158 valence electrons. The molecule has 2 aromatic rings. The summed E-state index contributed by atoms with van der Waals surface area (Å²) in [5.41, 5.74) is 3.39. The van der Waals surface area contributed by atoms with Crippen LogP contribution in [0.3, 0.4) is 0 Å². The Bertz CT molecular complexity index is 714. The van der Waals surface area contributed by atoms with Crippen LogP contribution in [0.25, 0.3) is 6.08 Å². The molecule has 0 saturated heterocycles. The summed E-state index contributed by atoms with van der Waals surface area (Å²) in [5, 5.41) is 23.9. The van der Waals surface area contributed by atoms with Crippen LogP contribution in [-0.2, 0) is 6.42 Å². The number of benzene rings is 2. The van der Waals surface area contributed by atoms with Gasteiger partial charge < -0.3 is 15.5 Å². The van der Waals surface area contributed by atoms with Gasteiger partial charge in [-0.3, -0.25) is 0 Å². The van der Waals surface area contributed by atoms with Gasteiger partial charge in [-0.2, -0.15) is 0 Å². The Balaban J connectivity index is 1.89. The Morgan fingerprint density at radius 2 is 1.79 bits per heavy atom. The summed E-state index contributed by atoms with van der Waals surface area (Å²) >= 11 is 0. The number of hydrogen-bond donors (Lipinski definition) is 3. The summed E-state index contributed by atoms with van der Waals surface area (Å²) in [6.45, 7) is 4.18. The predicted octanol–water partition coefficient (Wildman–Crippen LogP) is 5.29. The maximum absolute atomic E-state index is 10.7. The Hall–Kier alpha value is -1.94. The minimum absolute atomic E-state index is 0.0602. The fraction of sp³-hybridized carbons (Fsp3) is 0.462. The van der Waals surface area contributed by atoms with Gasteiger partial charge in [-0.15, -0.1) is 0 Å². The van der Waals surface area contributed by atoms with Gasteiger partial charge in [-0.1, -0.05) is 92.9 Å². The van der Waals surface area contributed by atoms with E-state index in [0.717, 1.165) is 23.1 Å². The molecule has 0 bridgehead atoms. The standard InChI is InChI=1S/C26H37NO2/c1-3-4-5-6-7-9-13-22-14-12-15-23(18-22)19-26(29)25(20-28)27-21(2)24-16-10-8-11-17-24/h8-18,21,25-29H,3-7,19-20H2,1-2H3/t21-,25+,26-/m1/s1. The van der Waals surface area contributed by atoms with E-state index in [-0.39, 0.29) is 18.7 Å². The van der Waals surface area contributed by atoms with Gasteiger partial charge in [0.1, 0.15) is 0 Å². The number of unbranched alkanes of at least 4 members (excludes halogenated alkanes) is 4. The van der Waals surface area contributed by atoms with Crippen molar-refractivity contribution in [1.29, 1.82) is 0 Å². The maximum atomic E-state index is 10.7. The molecule has 0 spiro atoms. The smallest absolute Gasteiger partial charge is 0.0756 e. The van der Waals surface area contributed by atoms with Crippen molar-refractivity contribution >= 4 is 6.08 Å². The Morgan fingerprint density at radius 1 is 1.00 bits per heavy atom. The molecule has 3 nitrogen and oxygen atoms in total. The molecule has 3 heteroatoms. The highest BCUT2D eigenvalue weighted by Gasteiger charge is 2.21. The molecule has 0 aliphatic carbocycles. The summed E-state index contributed by atoms with van der Waals surface area (Å²) < 4.78 is 0. The van der Waals surface area contributed by atoms with E-state index in [4.69, 9.17) is 0 Å². The van der Waals surface area contributed by atoms with Gasteiger partial charge in [0.2, 0.25) is 0 Å². The van der Waals surface area contributed by atoms with Crippen molar-refractivity contribution in [2.24, 2.45) is 0 Å². The molecule has 29 heavy (non-hydrogen) atoms. The zero-order chi connectivity index (χ0) is 20.9. The molecule has 0 fully saturated rings. The molecule has 3 atom stereocenters. The second-order valence-electron chi connectivity index (χ2n) is 7.86. The Morgan fingerprint density at radius 3 is 2.52 bits per heavy atom. The SMILES string of the molecule is CCCCCCC=Cc1cccc(C[C@@H](O)[C@H](CO)N[C@H](C)c2ccccc2)c1. The van der Waals surface area contributed by atoms with E-state index < -0.39 is 6.10 Å². The van der Waals surface area contributed by atoms with E-state index in [2.05, 4.69) is 55.6 Å². The molecule has 0 saturated carbocycles. The van der Waals surface area contributed by atoms with Gasteiger partial charge in [0.15, 0.2) is 0 Å². The highest BCUT2D eigenvalue weighted by atomic mass is 16.3. The molecular weight excluding hydrogens is 358 g/mol. The summed E-state index contributed by atoms with van der Waals surface area (Å²) in [6.07, 6.45) is 10.5. The summed E-state index contributed by atoms with van der Waals surface area (Å²) in [5.74, 6) is 0. The number of allylic oxidation sites excluding steroid dienone is 1. The molecule has 0 aromatic heterocycles. The summed E-state index contributed by atoms with van der Waals surface area (Å²) in [4.78, 5) is 0. The second-order valence-corrected chi connectivity index (χ2v) is 7.86. The van der Waals surface area contributed by atoms with Crippen LogP contribution in [0, 0.1) is 0 Å². The normalized spacial score (nSPS) is 14.8. The highest BCUT2D eigenvalue weighted by molar-refractivity contribution is 5.50. The van der Waals surface area contributed by atoms with Gasteiger partial charge in [0.05, 0.1) is 18.8 Å². The van der Waals surface area contributed by atoms with E-state index in [1.54, 1.807) is 0 Å². The quantitative estimate of drug-likeness (QED) is 0.404. The largest absolute Gasteiger partial charge is 0.395 e. The predicted molar refractivity (Wildman–Crippen MR) is 123 cm³/mol. The topological polar surface area (TPSA) is 52.5 Å². The first-order valence-electron chi connectivity index (χ1n) is 11.0. The number of rotatable bonds is 13. The van der Waals surface area contributed by atoms with Crippen LogP contribution in [0.2, 0.25) is 0 Å². The van der Waals surface area contributed by atoms with Gasteiger partial charge >= 0.3 is 0 Å². The van der Waals surface area contributed by atoms with Crippen LogP contribution < -0.4 is 5.32 Å². The van der Waals surface area contributed by atoms with Gasteiger partial charge in [0.25, 0.3) is 0 Å². The third-order valence-corrected chi connectivity index (χ3v) is 5.36. The van der Waals surface area contributed by atoms with Gasteiger partial charge in [-0.05, 0) is 42.9 Å². The highest BCUT2D eigenvalue weighted by Crippen LogP contribution is 2.16. The van der Waals surface area contributed by atoms with E-state index in [1.807, 2.05) is 30.3 Å². The van der Waals surface area contributed by atoms with Crippen LogP contribution in [0.1, 0.15) is 68.7 Å². The van der Waals surface area contributed by atoms with Gasteiger partial charge in [0, 0.05) is 6.04 Å². The number of aliphatic hydroxyl groups is 2. The van der Waals surface area contributed by atoms with Crippen molar-refractivity contribution in [2.45, 2.75) is 70.6 Å². The van der Waals surface area contributed by atoms with Crippen molar-refractivity contribution in [3.63, 3.8) is 0 Å². The van der Waals surface area contributed by atoms with E-state index in [9.17, 15) is 10.2 Å². The van der Waals surface area contributed by atoms with Crippen LogP contribution in [0.15, 0.2) is 60.7 Å². The van der Waals surface area contributed by atoms with Gasteiger partial charge in [-0.25, -0.2) is 0 Å². The molecule has 0 heterocycles. The average molecular weight is 396 g/mol. The molecule has 2 aromatic carbocycles. The summed E-state index contributed by atoms with van der Waals surface area (Å²) in [6, 6.07) is 18.1. The molecule has 0 radical (unpaired) electrons. The van der Waals surface area contributed by atoms with E-state index in [1.165, 1.54) is 25.7 Å². The molecule has 3 N–H and O–H groups in total. The first-order valence-corrected chi connectivity index (χ1v) is 11.0. The summed E-state index contributed by atoms with van der Waals surface area (Å²) in [7, 11) is 0. The molecule has 2 rings (SSSR count). The Kier molecular flexibility index (Phi) is 10.7. The molecule has 0 unspecified atom stereocenters. The monoisotopic (exact) mass is 395 g/mol. The fourth-order valence-corrected chi connectivity index (χ4v) is 3.56. The van der Waals surface area contributed by atoms with Crippen LogP contribution in [0.5, 0.6) is 0 Å². The third kappa shape index (κ3) is 8.53. The lowest BCUT2D eigenvalue weighted by molar-refractivity contribution is 0.0847. The number of nitrogens with one attached hydrogen (secondary N) is 1. The van der Waals surface area contributed by atoms with Crippen molar-refractivity contribution in [1.82, 2.24) is 5.32 Å². The van der Waals surface area contributed by atoms with E-state index in [0.29, 0.717) is 6.42 Å². The van der Waals surface area contributed by atoms with Crippen molar-refractivity contribution < 1.29 is 10.2 Å². The van der Waals surface area contributed by atoms with Crippen molar-refractivity contribution in [3.05, 3.63) is 77.4 Å². The lowest BCUT2D eigenvalue weighted by Crippen LogP contribution is -2.44. The minimum atomic E-state index is -0.653. The zero-order valence-electron chi connectivity index (χ0n) is 17.9. The van der Waals surface area contributed by atoms with E-state index >= 15 is 0 Å². The van der Waals surface area contributed by atoms with Crippen molar-refractivity contribution in [2.75, 3.05) is 6.61 Å². The number of aliphatic hydroxyl groups excluding tert-OH is 2. The first-order chi connectivity index (χ1) is 14.1. The van der Waals surface area contributed by atoms with Crippen LogP contribution >= 0.6 is 0 Å². The lowest BCUT2D eigenvalue weighted by Gasteiger charge is -2.26. The minimum Gasteiger partial charge on any atom is -0.395 e. The third-order valence-electron chi connectivity index (χ3n) is 5.36. The molecule has 0 amide bonds. The lowest BCUT2D eigenvalue weighted by atomic mass is 9.99. The van der Waals surface area contributed by atoms with Crippen LogP contribution in [0.4, 0.5) is 0 Å². The second kappa shape index (κ2) is 13.3. The first kappa shape index (κ1) is 23.3. The molecular formula is C26H37NO2. The average Bonchev–Trinajstić information content (AvgIpc) is 2.75. The molecule has 0 aliphatic rings. The maximum Gasteiger partial charge on any atom is 0.0756 e. The van der Waals surface area contributed by atoms with Crippen LogP contribution in [-0.4, -0.2) is 29.0 Å².